The summed E-state index contributed by atoms with van der Waals surface area (Å²) in [6.45, 7) is 12.8. The monoisotopic (exact) mass is 358 g/mol. The van der Waals surface area contributed by atoms with Gasteiger partial charge >= 0.3 is 23.9 Å². The fraction of sp³-hybridized carbons (Fsp3) is 1.00. The van der Waals surface area contributed by atoms with Gasteiger partial charge in [0.25, 0.3) is 0 Å². The topological polar surface area (TPSA) is 0 Å². The van der Waals surface area contributed by atoms with E-state index < -0.39 is 0 Å². The molecule has 0 aromatic carbocycles. The SMILES string of the molecule is C.C.CC(C)(C)C[S-].CC(C)(C)C[S-].[Sn+2]. The quantitative estimate of drug-likeness (QED) is 0.474. The molecule has 0 saturated carbocycles. The molecule has 2 radical (unpaired) electrons. The van der Waals surface area contributed by atoms with E-state index in [0.717, 1.165) is 11.5 Å². The summed E-state index contributed by atoms with van der Waals surface area (Å²) >= 11 is 9.58. The van der Waals surface area contributed by atoms with Crippen LogP contribution in [0.3, 0.4) is 0 Å². The maximum Gasteiger partial charge on any atom is 2.00 e. The molecule has 0 amide bonds. The van der Waals surface area contributed by atoms with Gasteiger partial charge in [-0.1, -0.05) is 67.2 Å². The molecule has 0 aliphatic heterocycles. The molecular weight excluding hydrogens is 327 g/mol. The van der Waals surface area contributed by atoms with Gasteiger partial charge in [0.1, 0.15) is 0 Å². The van der Waals surface area contributed by atoms with E-state index in [1.54, 1.807) is 0 Å². The Morgan fingerprint density at radius 2 is 0.733 bits per heavy atom. The van der Waals surface area contributed by atoms with Crippen LogP contribution in [0.15, 0.2) is 0 Å². The third kappa shape index (κ3) is 50.2. The predicted molar refractivity (Wildman–Crippen MR) is 82.6 cm³/mol. The largest absolute Gasteiger partial charge is 2.00 e. The number of hydrogen-bond donors (Lipinski definition) is 0. The summed E-state index contributed by atoms with van der Waals surface area (Å²) in [5, 5.41) is 0. The van der Waals surface area contributed by atoms with E-state index in [9.17, 15) is 0 Å². The first-order valence-corrected chi connectivity index (χ1v) is 5.44. The van der Waals surface area contributed by atoms with Crippen LogP contribution >= 0.6 is 0 Å². The first-order valence-electron chi connectivity index (χ1n) is 4.28. The van der Waals surface area contributed by atoms with Gasteiger partial charge in [-0.15, -0.1) is 0 Å². The van der Waals surface area contributed by atoms with Crippen molar-refractivity contribution < 1.29 is 0 Å². The minimum Gasteiger partial charge on any atom is -0.792 e. The second-order valence-electron chi connectivity index (χ2n) is 5.41. The van der Waals surface area contributed by atoms with Gasteiger partial charge in [0, 0.05) is 0 Å². The molecule has 0 unspecified atom stereocenters. The normalized spacial score (nSPS) is 9.60. The number of hydrogen-bond acceptors (Lipinski definition) is 2. The summed E-state index contributed by atoms with van der Waals surface area (Å²) in [4.78, 5) is 0. The van der Waals surface area contributed by atoms with Crippen LogP contribution < -0.4 is 0 Å². The van der Waals surface area contributed by atoms with Crippen molar-refractivity contribution in [3.05, 3.63) is 0 Å². The molecule has 94 valence electrons. The minimum absolute atomic E-state index is 0. The number of rotatable bonds is 0. The van der Waals surface area contributed by atoms with Gasteiger partial charge in [-0.3, -0.25) is 0 Å². The van der Waals surface area contributed by atoms with E-state index in [4.69, 9.17) is 25.3 Å². The van der Waals surface area contributed by atoms with Crippen molar-refractivity contribution in [2.75, 3.05) is 11.5 Å². The van der Waals surface area contributed by atoms with Crippen LogP contribution in [0.2, 0.25) is 0 Å². The Hall–Kier alpha value is 1.50. The molecule has 0 spiro atoms. The van der Waals surface area contributed by atoms with E-state index in [1.807, 2.05) is 0 Å². The molecule has 0 aromatic rings. The summed E-state index contributed by atoms with van der Waals surface area (Å²) in [7, 11) is 0. The van der Waals surface area contributed by atoms with Crippen molar-refractivity contribution in [2.45, 2.75) is 56.4 Å². The maximum atomic E-state index is 4.79. The Bertz CT molecular complexity index is 87.2. The molecule has 0 nitrogen and oxygen atoms in total. The Morgan fingerprint density at radius 1 is 0.667 bits per heavy atom. The zero-order valence-corrected chi connectivity index (χ0v) is 14.2. The van der Waals surface area contributed by atoms with Gasteiger partial charge in [-0.05, 0) is 0 Å². The molecule has 0 atom stereocenters. The fourth-order valence-corrected chi connectivity index (χ4v) is 0. The van der Waals surface area contributed by atoms with Gasteiger partial charge in [0.2, 0.25) is 0 Å². The van der Waals surface area contributed by atoms with Gasteiger partial charge < -0.3 is 25.3 Å². The summed E-state index contributed by atoms with van der Waals surface area (Å²) in [6.07, 6.45) is 0. The Labute approximate surface area is 127 Å². The van der Waals surface area contributed by atoms with Crippen molar-refractivity contribution in [1.82, 2.24) is 0 Å². The van der Waals surface area contributed by atoms with Crippen LogP contribution in [0, 0.1) is 10.8 Å². The molecule has 0 aromatic heterocycles. The average Bonchev–Trinajstić information content (AvgIpc) is 1.86. The molecule has 0 heterocycles. The van der Waals surface area contributed by atoms with Crippen LogP contribution in [-0.4, -0.2) is 35.4 Å². The minimum atomic E-state index is 0. The van der Waals surface area contributed by atoms with Crippen LogP contribution in [0.25, 0.3) is 0 Å². The van der Waals surface area contributed by atoms with Gasteiger partial charge in [0.15, 0.2) is 0 Å². The smallest absolute Gasteiger partial charge is 0.792 e. The molecule has 0 bridgehead atoms. The van der Waals surface area contributed by atoms with Crippen molar-refractivity contribution >= 4 is 49.2 Å². The standard InChI is InChI=1S/2C5H12S.2CH4.Sn/c2*1-5(2,3)4-6;;;/h2*6H,4H2,1-3H3;2*1H4;/q;;;;+2/p-2. The van der Waals surface area contributed by atoms with Crippen LogP contribution in [-0.2, 0) is 25.3 Å². The molecule has 0 N–H and O–H groups in total. The predicted octanol–water partition coefficient (Wildman–Crippen LogP) is 4.05. The molecule has 0 rings (SSSR count). The second kappa shape index (κ2) is 13.6. The Balaban J connectivity index is -0.0000000370. The Morgan fingerprint density at radius 3 is 0.733 bits per heavy atom. The molecule has 0 aliphatic rings. The summed E-state index contributed by atoms with van der Waals surface area (Å²) in [5.41, 5.74) is 0.713. The molecule has 0 fully saturated rings. The first kappa shape index (κ1) is 30.0. The third-order valence-electron chi connectivity index (χ3n) is 0.866. The molecule has 3 heteroatoms. The second-order valence-corrected chi connectivity index (χ2v) is 5.99. The van der Waals surface area contributed by atoms with Crippen molar-refractivity contribution in [3.8, 4) is 0 Å². The molecule has 0 saturated heterocycles. The van der Waals surface area contributed by atoms with E-state index in [1.165, 1.54) is 0 Å². The fourth-order valence-electron chi connectivity index (χ4n) is 0. The molecule has 15 heavy (non-hydrogen) atoms. The van der Waals surface area contributed by atoms with Crippen LogP contribution in [0.4, 0.5) is 0 Å². The van der Waals surface area contributed by atoms with Crippen LogP contribution in [0.1, 0.15) is 56.4 Å². The van der Waals surface area contributed by atoms with E-state index in [0.29, 0.717) is 10.8 Å². The van der Waals surface area contributed by atoms with Crippen molar-refractivity contribution in [3.63, 3.8) is 0 Å². The summed E-state index contributed by atoms with van der Waals surface area (Å²) in [6, 6.07) is 0. The van der Waals surface area contributed by atoms with E-state index in [-0.39, 0.29) is 38.8 Å². The Kier molecular flexibility index (Phi) is 27.1. The maximum absolute atomic E-state index is 4.79. The van der Waals surface area contributed by atoms with Gasteiger partial charge in [0.05, 0.1) is 0 Å². The third-order valence-corrected chi connectivity index (χ3v) is 2.60. The van der Waals surface area contributed by atoms with Crippen LogP contribution in [0.5, 0.6) is 0 Å². The van der Waals surface area contributed by atoms with Gasteiger partial charge in [-0.25, -0.2) is 0 Å². The van der Waals surface area contributed by atoms with Gasteiger partial charge in [-0.2, -0.15) is 11.5 Å². The summed E-state index contributed by atoms with van der Waals surface area (Å²) < 4.78 is 0. The molecular formula is C12H30S2Sn. The molecule has 0 aliphatic carbocycles. The summed E-state index contributed by atoms with van der Waals surface area (Å²) in [5.74, 6) is 1.71. The zero-order valence-electron chi connectivity index (χ0n) is 9.73. The van der Waals surface area contributed by atoms with E-state index >= 15 is 0 Å². The zero-order chi connectivity index (χ0) is 10.4. The van der Waals surface area contributed by atoms with Crippen molar-refractivity contribution in [1.29, 1.82) is 0 Å². The van der Waals surface area contributed by atoms with Crippen molar-refractivity contribution in [2.24, 2.45) is 10.8 Å². The van der Waals surface area contributed by atoms with E-state index in [2.05, 4.69) is 41.5 Å². The first-order chi connectivity index (χ1) is 5.12. The average molecular weight is 357 g/mol.